The summed E-state index contributed by atoms with van der Waals surface area (Å²) in [6.07, 6.45) is 3.27. The quantitative estimate of drug-likeness (QED) is 0.814. The molecule has 108 valence electrons. The molecule has 0 atom stereocenters. The standard InChI is InChI=1S/C13H17N3O3S/c1-15-20(17,18)11-3-4-13(12(14)7-11)16(2)8-10-5-6-19-9-10/h3-7,9,15H,8,14H2,1-2H3. The van der Waals surface area contributed by atoms with Crippen LogP contribution in [-0.4, -0.2) is 22.5 Å². The van der Waals surface area contributed by atoms with Crippen molar-refractivity contribution in [3.63, 3.8) is 0 Å². The van der Waals surface area contributed by atoms with E-state index in [4.69, 9.17) is 10.2 Å². The molecule has 0 saturated carbocycles. The van der Waals surface area contributed by atoms with Gasteiger partial charge in [-0.05, 0) is 31.3 Å². The van der Waals surface area contributed by atoms with Crippen LogP contribution < -0.4 is 15.4 Å². The second-order valence-corrected chi connectivity index (χ2v) is 6.30. The van der Waals surface area contributed by atoms with E-state index in [-0.39, 0.29) is 4.90 Å². The molecule has 0 bridgehead atoms. The number of rotatable bonds is 5. The van der Waals surface area contributed by atoms with Crippen molar-refractivity contribution in [2.45, 2.75) is 11.4 Å². The number of anilines is 2. The monoisotopic (exact) mass is 295 g/mol. The van der Waals surface area contributed by atoms with E-state index < -0.39 is 10.0 Å². The van der Waals surface area contributed by atoms with Crippen LogP contribution in [-0.2, 0) is 16.6 Å². The van der Waals surface area contributed by atoms with Crippen LogP contribution >= 0.6 is 0 Å². The highest BCUT2D eigenvalue weighted by molar-refractivity contribution is 7.89. The molecule has 1 heterocycles. The zero-order valence-electron chi connectivity index (χ0n) is 11.3. The molecular formula is C13H17N3O3S. The number of furan rings is 1. The Morgan fingerprint density at radius 3 is 2.65 bits per heavy atom. The van der Waals surface area contributed by atoms with Gasteiger partial charge < -0.3 is 15.1 Å². The molecule has 0 spiro atoms. The summed E-state index contributed by atoms with van der Waals surface area (Å²) < 4.78 is 30.7. The molecule has 1 aromatic heterocycles. The van der Waals surface area contributed by atoms with Crippen LogP contribution in [0, 0.1) is 0 Å². The Labute approximate surface area is 118 Å². The van der Waals surface area contributed by atoms with E-state index >= 15 is 0 Å². The molecule has 0 aliphatic rings. The highest BCUT2D eigenvalue weighted by Gasteiger charge is 2.14. The lowest BCUT2D eigenvalue weighted by atomic mass is 10.2. The van der Waals surface area contributed by atoms with Crippen molar-refractivity contribution in [3.8, 4) is 0 Å². The third-order valence-corrected chi connectivity index (χ3v) is 4.40. The summed E-state index contributed by atoms with van der Waals surface area (Å²) in [6.45, 7) is 0.624. The predicted octanol–water partition coefficient (Wildman–Crippen LogP) is 1.41. The minimum Gasteiger partial charge on any atom is -0.472 e. The van der Waals surface area contributed by atoms with Gasteiger partial charge in [0.1, 0.15) is 0 Å². The van der Waals surface area contributed by atoms with Gasteiger partial charge in [-0.25, -0.2) is 13.1 Å². The molecule has 1 aromatic carbocycles. The Kier molecular flexibility index (Phi) is 4.01. The van der Waals surface area contributed by atoms with Crippen molar-refractivity contribution < 1.29 is 12.8 Å². The number of nitrogens with two attached hydrogens (primary N) is 1. The molecule has 0 unspecified atom stereocenters. The van der Waals surface area contributed by atoms with Gasteiger partial charge in [0.25, 0.3) is 0 Å². The highest BCUT2D eigenvalue weighted by Crippen LogP contribution is 2.26. The number of hydrogen-bond acceptors (Lipinski definition) is 5. The summed E-state index contributed by atoms with van der Waals surface area (Å²) in [6, 6.07) is 6.54. The summed E-state index contributed by atoms with van der Waals surface area (Å²) in [7, 11) is -0.231. The molecule has 2 aromatic rings. The van der Waals surface area contributed by atoms with E-state index in [9.17, 15) is 8.42 Å². The van der Waals surface area contributed by atoms with E-state index in [1.807, 2.05) is 18.0 Å². The van der Waals surface area contributed by atoms with Gasteiger partial charge in [-0.15, -0.1) is 0 Å². The molecule has 0 radical (unpaired) electrons. The van der Waals surface area contributed by atoms with Crippen LogP contribution in [0.4, 0.5) is 11.4 Å². The van der Waals surface area contributed by atoms with Crippen molar-refractivity contribution in [1.82, 2.24) is 4.72 Å². The number of benzene rings is 1. The van der Waals surface area contributed by atoms with E-state index in [0.717, 1.165) is 11.3 Å². The first-order valence-corrected chi connectivity index (χ1v) is 7.47. The summed E-state index contributed by atoms with van der Waals surface area (Å²) in [5.41, 5.74) is 8.13. The van der Waals surface area contributed by atoms with E-state index in [2.05, 4.69) is 4.72 Å². The number of nitrogens with one attached hydrogen (secondary N) is 1. The molecule has 3 N–H and O–H groups in total. The number of nitrogens with zero attached hydrogens (tertiary/aromatic N) is 1. The van der Waals surface area contributed by atoms with Gasteiger partial charge >= 0.3 is 0 Å². The lowest BCUT2D eigenvalue weighted by Gasteiger charge is -2.20. The van der Waals surface area contributed by atoms with E-state index in [0.29, 0.717) is 12.2 Å². The average molecular weight is 295 g/mol. The van der Waals surface area contributed by atoms with Crippen molar-refractivity contribution in [1.29, 1.82) is 0 Å². The van der Waals surface area contributed by atoms with Crippen molar-refractivity contribution >= 4 is 21.4 Å². The Balaban J connectivity index is 2.26. The summed E-state index contributed by atoms with van der Waals surface area (Å²) in [4.78, 5) is 2.08. The third kappa shape index (κ3) is 2.94. The van der Waals surface area contributed by atoms with Crippen molar-refractivity contribution in [3.05, 3.63) is 42.4 Å². The fourth-order valence-corrected chi connectivity index (χ4v) is 2.67. The number of sulfonamides is 1. The molecule has 6 nitrogen and oxygen atoms in total. The second kappa shape index (κ2) is 5.56. The molecule has 20 heavy (non-hydrogen) atoms. The minimum absolute atomic E-state index is 0.151. The van der Waals surface area contributed by atoms with Crippen LogP contribution in [0.1, 0.15) is 5.56 Å². The van der Waals surface area contributed by atoms with Crippen LogP contribution in [0.3, 0.4) is 0 Å². The van der Waals surface area contributed by atoms with Gasteiger partial charge in [0.15, 0.2) is 0 Å². The Morgan fingerprint density at radius 2 is 2.10 bits per heavy atom. The third-order valence-electron chi connectivity index (χ3n) is 2.99. The minimum atomic E-state index is -3.48. The van der Waals surface area contributed by atoms with Crippen LogP contribution in [0.15, 0.2) is 46.1 Å². The zero-order chi connectivity index (χ0) is 14.8. The summed E-state index contributed by atoms with van der Waals surface area (Å²) in [5, 5.41) is 0. The lowest BCUT2D eigenvalue weighted by molar-refractivity contribution is 0.563. The first kappa shape index (κ1) is 14.4. The van der Waals surface area contributed by atoms with E-state index in [1.165, 1.54) is 19.2 Å². The maximum absolute atomic E-state index is 11.7. The maximum Gasteiger partial charge on any atom is 0.240 e. The first-order valence-electron chi connectivity index (χ1n) is 5.99. The zero-order valence-corrected chi connectivity index (χ0v) is 12.1. The number of nitrogen functional groups attached to an aromatic ring is 1. The molecule has 0 amide bonds. The van der Waals surface area contributed by atoms with Gasteiger partial charge in [0, 0.05) is 19.2 Å². The Morgan fingerprint density at radius 1 is 1.35 bits per heavy atom. The van der Waals surface area contributed by atoms with Crippen LogP contribution in [0.2, 0.25) is 0 Å². The van der Waals surface area contributed by atoms with Gasteiger partial charge in [-0.1, -0.05) is 0 Å². The predicted molar refractivity (Wildman–Crippen MR) is 77.9 cm³/mol. The molecule has 7 heteroatoms. The average Bonchev–Trinajstić information content (AvgIpc) is 2.91. The molecular weight excluding hydrogens is 278 g/mol. The largest absolute Gasteiger partial charge is 0.472 e. The fraction of sp³-hybridized carbons (Fsp3) is 0.231. The van der Waals surface area contributed by atoms with Crippen molar-refractivity contribution in [2.24, 2.45) is 0 Å². The first-order chi connectivity index (χ1) is 9.44. The van der Waals surface area contributed by atoms with Gasteiger partial charge in [0.05, 0.1) is 28.8 Å². The Hall–Kier alpha value is -1.99. The second-order valence-electron chi connectivity index (χ2n) is 4.42. The molecule has 0 fully saturated rings. The van der Waals surface area contributed by atoms with Crippen LogP contribution in [0.25, 0.3) is 0 Å². The fourth-order valence-electron chi connectivity index (χ4n) is 1.91. The summed E-state index contributed by atoms with van der Waals surface area (Å²) in [5.74, 6) is 0. The molecule has 0 aliphatic heterocycles. The topological polar surface area (TPSA) is 88.6 Å². The normalized spacial score (nSPS) is 11.5. The maximum atomic E-state index is 11.7. The van der Waals surface area contributed by atoms with Crippen molar-refractivity contribution in [2.75, 3.05) is 24.7 Å². The van der Waals surface area contributed by atoms with E-state index in [1.54, 1.807) is 18.6 Å². The van der Waals surface area contributed by atoms with Gasteiger partial charge in [-0.2, -0.15) is 0 Å². The molecule has 2 rings (SSSR count). The number of hydrogen-bond donors (Lipinski definition) is 2. The van der Waals surface area contributed by atoms with Gasteiger partial charge in [0.2, 0.25) is 10.0 Å². The molecule has 0 aliphatic carbocycles. The smallest absolute Gasteiger partial charge is 0.240 e. The highest BCUT2D eigenvalue weighted by atomic mass is 32.2. The SMILES string of the molecule is CNS(=O)(=O)c1ccc(N(C)Cc2ccoc2)c(N)c1. The Bertz CT molecular complexity index is 681. The van der Waals surface area contributed by atoms with Gasteiger partial charge in [-0.3, -0.25) is 0 Å². The summed E-state index contributed by atoms with van der Waals surface area (Å²) >= 11 is 0. The lowest BCUT2D eigenvalue weighted by Crippen LogP contribution is -2.20. The molecule has 0 saturated heterocycles. The van der Waals surface area contributed by atoms with Crippen LogP contribution in [0.5, 0.6) is 0 Å².